The molecule has 2 aromatic carbocycles. The van der Waals surface area contributed by atoms with E-state index >= 15 is 0 Å². The molecular formula is C23H25FN4O2S. The smallest absolute Gasteiger partial charge is 0.240 e. The number of likely N-dealkylation sites (tertiary alicyclic amines) is 1. The number of rotatable bonds is 7. The van der Waals surface area contributed by atoms with Gasteiger partial charge in [-0.2, -0.15) is 4.98 Å². The summed E-state index contributed by atoms with van der Waals surface area (Å²) in [5.41, 5.74) is 0.813. The molecule has 1 aromatic heterocycles. The van der Waals surface area contributed by atoms with E-state index in [1.807, 2.05) is 42.5 Å². The second-order valence-corrected chi connectivity index (χ2v) is 9.60. The predicted molar refractivity (Wildman–Crippen MR) is 115 cm³/mol. The SMILES string of the molecule is O=S(NC1CCN(Cc2nc(C3(c4ccc(F)cc4)CC3)no2)CC1)c1ccccc1. The summed E-state index contributed by atoms with van der Waals surface area (Å²) in [6.07, 6.45) is 3.73. The molecule has 3 aromatic rings. The minimum absolute atomic E-state index is 0.226. The largest absolute Gasteiger partial charge is 0.338 e. The third-order valence-corrected chi connectivity index (χ3v) is 7.47. The molecule has 162 valence electrons. The summed E-state index contributed by atoms with van der Waals surface area (Å²) in [7, 11) is -1.18. The summed E-state index contributed by atoms with van der Waals surface area (Å²) < 4.78 is 34.5. The molecule has 1 aliphatic heterocycles. The lowest BCUT2D eigenvalue weighted by atomic mass is 9.95. The van der Waals surface area contributed by atoms with E-state index in [9.17, 15) is 8.60 Å². The average molecular weight is 441 g/mol. The Morgan fingerprint density at radius 2 is 1.81 bits per heavy atom. The van der Waals surface area contributed by atoms with Gasteiger partial charge >= 0.3 is 0 Å². The van der Waals surface area contributed by atoms with E-state index in [0.717, 1.165) is 49.2 Å². The van der Waals surface area contributed by atoms with Crippen LogP contribution in [0.5, 0.6) is 0 Å². The Labute approximate surface area is 183 Å². The van der Waals surface area contributed by atoms with Crippen molar-refractivity contribution in [2.24, 2.45) is 0 Å². The van der Waals surface area contributed by atoms with Gasteiger partial charge in [0.25, 0.3) is 0 Å². The van der Waals surface area contributed by atoms with Crippen LogP contribution < -0.4 is 4.72 Å². The van der Waals surface area contributed by atoms with Gasteiger partial charge in [0.15, 0.2) is 5.82 Å². The van der Waals surface area contributed by atoms with Crippen molar-refractivity contribution in [2.45, 2.75) is 48.6 Å². The van der Waals surface area contributed by atoms with Gasteiger partial charge in [-0.05, 0) is 55.5 Å². The van der Waals surface area contributed by atoms with Gasteiger partial charge in [0, 0.05) is 19.1 Å². The van der Waals surface area contributed by atoms with Crippen molar-refractivity contribution in [3.8, 4) is 0 Å². The first kappa shape index (κ1) is 20.5. The Hall–Kier alpha value is -2.42. The van der Waals surface area contributed by atoms with Crippen LogP contribution in [0.3, 0.4) is 0 Å². The zero-order valence-corrected chi connectivity index (χ0v) is 18.0. The van der Waals surface area contributed by atoms with Crippen molar-refractivity contribution < 1.29 is 13.1 Å². The van der Waals surface area contributed by atoms with Crippen LogP contribution in [0, 0.1) is 5.82 Å². The quantitative estimate of drug-likeness (QED) is 0.608. The van der Waals surface area contributed by atoms with Gasteiger partial charge in [-0.1, -0.05) is 35.5 Å². The van der Waals surface area contributed by atoms with Crippen molar-refractivity contribution in [1.82, 2.24) is 19.8 Å². The van der Waals surface area contributed by atoms with Crippen LogP contribution in [0.1, 0.15) is 43.0 Å². The van der Waals surface area contributed by atoms with Crippen LogP contribution >= 0.6 is 0 Å². The molecule has 1 atom stereocenters. The van der Waals surface area contributed by atoms with E-state index in [2.05, 4.69) is 19.8 Å². The molecule has 2 aliphatic rings. The monoisotopic (exact) mass is 440 g/mol. The van der Waals surface area contributed by atoms with E-state index in [0.29, 0.717) is 18.3 Å². The number of nitrogens with zero attached hydrogens (tertiary/aromatic N) is 3. The first-order valence-corrected chi connectivity index (χ1v) is 11.8. The molecule has 1 saturated carbocycles. The number of halogens is 1. The van der Waals surface area contributed by atoms with Crippen LogP contribution in [0.4, 0.5) is 4.39 Å². The van der Waals surface area contributed by atoms with Gasteiger partial charge in [0.2, 0.25) is 5.89 Å². The normalized spacial score (nSPS) is 19.9. The Balaban J connectivity index is 1.15. The van der Waals surface area contributed by atoms with Crippen molar-refractivity contribution in [2.75, 3.05) is 13.1 Å². The number of benzene rings is 2. The van der Waals surface area contributed by atoms with E-state index in [4.69, 9.17) is 4.52 Å². The summed E-state index contributed by atoms with van der Waals surface area (Å²) in [6, 6.07) is 16.3. The van der Waals surface area contributed by atoms with Gasteiger partial charge in [-0.3, -0.25) is 4.90 Å². The fraction of sp³-hybridized carbons (Fsp3) is 0.391. The van der Waals surface area contributed by atoms with Crippen LogP contribution in [0.25, 0.3) is 0 Å². The molecule has 5 rings (SSSR count). The highest BCUT2D eigenvalue weighted by molar-refractivity contribution is 7.83. The molecular weight excluding hydrogens is 415 g/mol. The second kappa shape index (κ2) is 8.61. The van der Waals surface area contributed by atoms with Crippen molar-refractivity contribution in [3.05, 3.63) is 77.7 Å². The minimum Gasteiger partial charge on any atom is -0.338 e. The molecule has 0 radical (unpaired) electrons. The molecule has 1 N–H and O–H groups in total. The molecule has 1 aliphatic carbocycles. The highest BCUT2D eigenvalue weighted by Gasteiger charge is 2.50. The molecule has 1 unspecified atom stereocenters. The Kier molecular flexibility index (Phi) is 5.69. The van der Waals surface area contributed by atoms with Crippen molar-refractivity contribution >= 4 is 11.0 Å². The Morgan fingerprint density at radius 3 is 2.48 bits per heavy atom. The Bertz CT molecular complexity index is 1040. The topological polar surface area (TPSA) is 71.3 Å². The molecule has 8 heteroatoms. The summed E-state index contributed by atoms with van der Waals surface area (Å²) in [6.45, 7) is 2.37. The first-order valence-electron chi connectivity index (χ1n) is 10.7. The van der Waals surface area contributed by atoms with Crippen LogP contribution in [0.2, 0.25) is 0 Å². The summed E-state index contributed by atoms with van der Waals surface area (Å²) >= 11 is 0. The molecule has 0 amide bonds. The van der Waals surface area contributed by atoms with E-state index in [1.54, 1.807) is 0 Å². The maximum Gasteiger partial charge on any atom is 0.240 e. The van der Waals surface area contributed by atoms with Gasteiger partial charge in [-0.25, -0.2) is 13.3 Å². The number of nitrogens with one attached hydrogen (secondary N) is 1. The van der Waals surface area contributed by atoms with Gasteiger partial charge in [0.1, 0.15) is 16.8 Å². The first-order chi connectivity index (χ1) is 15.1. The third kappa shape index (κ3) is 4.46. The lowest BCUT2D eigenvalue weighted by Crippen LogP contribution is -2.42. The molecule has 0 spiro atoms. The van der Waals surface area contributed by atoms with Crippen LogP contribution in [-0.4, -0.2) is 38.4 Å². The zero-order chi connectivity index (χ0) is 21.3. The highest BCUT2D eigenvalue weighted by atomic mass is 32.2. The minimum atomic E-state index is -1.18. The van der Waals surface area contributed by atoms with Crippen molar-refractivity contribution in [1.29, 1.82) is 0 Å². The maximum atomic E-state index is 13.3. The lowest BCUT2D eigenvalue weighted by molar-refractivity contribution is 0.178. The van der Waals surface area contributed by atoms with E-state index in [1.165, 1.54) is 12.1 Å². The number of hydrogen-bond acceptors (Lipinski definition) is 5. The van der Waals surface area contributed by atoms with E-state index < -0.39 is 11.0 Å². The van der Waals surface area contributed by atoms with Crippen molar-refractivity contribution in [3.63, 3.8) is 0 Å². The third-order valence-electron chi connectivity index (χ3n) is 6.22. The summed E-state index contributed by atoms with van der Waals surface area (Å²) in [5.74, 6) is 1.07. The van der Waals surface area contributed by atoms with Crippen LogP contribution in [0.15, 0.2) is 64.0 Å². The molecule has 1 saturated heterocycles. The highest BCUT2D eigenvalue weighted by Crippen LogP contribution is 2.52. The summed E-state index contributed by atoms with van der Waals surface area (Å²) in [5, 5.41) is 4.24. The van der Waals surface area contributed by atoms with Gasteiger partial charge < -0.3 is 4.52 Å². The van der Waals surface area contributed by atoms with E-state index in [-0.39, 0.29) is 17.3 Å². The van der Waals surface area contributed by atoms with Gasteiger partial charge in [-0.15, -0.1) is 0 Å². The standard InChI is InChI=1S/C23H25FN4O2S/c24-18-8-6-17(7-9-18)23(12-13-23)22-25-21(30-26-22)16-28-14-10-19(11-15-28)27-31(29)20-4-2-1-3-5-20/h1-9,19,27H,10-16H2. The molecule has 31 heavy (non-hydrogen) atoms. The lowest BCUT2D eigenvalue weighted by Gasteiger charge is -2.31. The molecule has 0 bridgehead atoms. The number of piperidine rings is 1. The maximum absolute atomic E-state index is 13.3. The fourth-order valence-electron chi connectivity index (χ4n) is 4.21. The predicted octanol–water partition coefficient (Wildman–Crippen LogP) is 3.57. The number of aromatic nitrogens is 2. The molecule has 2 heterocycles. The molecule has 6 nitrogen and oxygen atoms in total. The average Bonchev–Trinajstić information content (AvgIpc) is 3.48. The second-order valence-electron chi connectivity index (χ2n) is 8.35. The zero-order valence-electron chi connectivity index (χ0n) is 17.2. The summed E-state index contributed by atoms with van der Waals surface area (Å²) in [4.78, 5) is 7.76. The molecule has 2 fully saturated rings. The fourth-order valence-corrected chi connectivity index (χ4v) is 5.29. The number of hydrogen-bond donors (Lipinski definition) is 1. The van der Waals surface area contributed by atoms with Gasteiger partial charge in [0.05, 0.1) is 16.9 Å². The van der Waals surface area contributed by atoms with Crippen LogP contribution in [-0.2, 0) is 22.9 Å². The Morgan fingerprint density at radius 1 is 1.10 bits per heavy atom.